The van der Waals surface area contributed by atoms with E-state index in [4.69, 9.17) is 15.7 Å². The topological polar surface area (TPSA) is 511 Å². The molecule has 0 saturated carbocycles. The quantitative estimate of drug-likeness (QED) is 0.00644. The second-order valence-electron chi connectivity index (χ2n) is 12.6. The number of azo groups is 3. The van der Waals surface area contributed by atoms with E-state index in [-0.39, 0.29) is 183 Å². The molecule has 0 heterocycles. The summed E-state index contributed by atoms with van der Waals surface area (Å²) >= 11 is 0.0779. The van der Waals surface area contributed by atoms with Crippen LogP contribution in [0.1, 0.15) is 0 Å². The number of hydrogen-bond donors (Lipinski definition) is 2. The summed E-state index contributed by atoms with van der Waals surface area (Å²) in [5, 5.41) is 48.8. The van der Waals surface area contributed by atoms with Gasteiger partial charge >= 0.3 is 148 Å². The van der Waals surface area contributed by atoms with E-state index in [1.807, 2.05) is 0 Å². The Morgan fingerprint density at radius 1 is 0.453 bits per heavy atom. The number of anilines is 2. The number of benzene rings is 4. The van der Waals surface area contributed by atoms with Crippen LogP contribution < -0.4 is 170 Å². The Labute approximate surface area is 546 Å². The SMILES string of the molecule is Nc1c(N=Nc2ccc(S(=O)(=O)CCOSOO[O-])cc2)cc(N=Nc2ccc(S(=O)(=O)CCOSOO[O-])cc2S(=O)(=O)[O-])c(N)c1N=Nc1ccc(S(=O)(=O)CCOS(=O)(=O)[O-])cc1S(=O)(=O)[O-].[Na+].[Na+].[Na+].[Na+].[Na+]. The minimum atomic E-state index is -5.62. The molecule has 0 unspecified atom stereocenters. The predicted molar refractivity (Wildman–Crippen MR) is 226 cm³/mol. The van der Waals surface area contributed by atoms with Crippen LogP contribution in [0.15, 0.2) is 122 Å². The number of nitrogens with two attached hydrogens (primary N) is 2. The molecule has 0 aliphatic rings. The number of hydrogen-bond acceptors (Lipinski definition) is 34. The first-order chi connectivity index (χ1) is 32.6. The fraction of sp³-hybridized carbons (Fsp3) is 0.200. The van der Waals surface area contributed by atoms with E-state index in [2.05, 4.69) is 57.8 Å². The van der Waals surface area contributed by atoms with Gasteiger partial charge in [0.25, 0.3) is 0 Å². The number of nitrogen functional groups attached to an aromatic ring is 2. The molecule has 0 bridgehead atoms. The van der Waals surface area contributed by atoms with E-state index in [9.17, 15) is 74.7 Å². The van der Waals surface area contributed by atoms with E-state index < -0.39 is 157 Å². The molecule has 4 aromatic carbocycles. The number of rotatable bonds is 27. The molecule has 4 N–H and O–H groups in total. The third-order valence-electron chi connectivity index (χ3n) is 8.11. The van der Waals surface area contributed by atoms with E-state index >= 15 is 0 Å². The second kappa shape index (κ2) is 34.6. The zero-order chi connectivity index (χ0) is 52.1. The Morgan fingerprint density at radius 3 is 1.21 bits per heavy atom. The van der Waals surface area contributed by atoms with Crippen molar-refractivity contribution in [2.24, 2.45) is 30.7 Å². The summed E-state index contributed by atoms with van der Waals surface area (Å²) in [4.78, 5) is -4.33. The molecule has 4 rings (SSSR count). The molecule has 32 nitrogen and oxygen atoms in total. The van der Waals surface area contributed by atoms with Crippen LogP contribution in [-0.2, 0) is 91.4 Å². The van der Waals surface area contributed by atoms with Crippen LogP contribution in [0.5, 0.6) is 0 Å². The molecule has 0 spiro atoms. The largest absolute Gasteiger partial charge is 1.00 e. The van der Waals surface area contributed by atoms with Gasteiger partial charge in [0.1, 0.15) is 48.7 Å². The number of nitrogens with zero attached hydrogens (tertiary/aromatic N) is 6. The van der Waals surface area contributed by atoms with Crippen LogP contribution in [-0.4, -0.2) is 101 Å². The summed E-state index contributed by atoms with van der Waals surface area (Å²) in [6.45, 7) is -2.23. The fourth-order valence-electron chi connectivity index (χ4n) is 4.95. The first kappa shape index (κ1) is 77.3. The molecule has 0 fully saturated rings. The van der Waals surface area contributed by atoms with E-state index in [0.29, 0.717) is 18.2 Å². The minimum absolute atomic E-state index is 0. The van der Waals surface area contributed by atoms with Gasteiger partial charge in [0.05, 0.1) is 78.6 Å². The van der Waals surface area contributed by atoms with E-state index in [1.54, 1.807) is 0 Å². The molecule has 4 aromatic rings. The molecule has 0 aliphatic heterocycles. The third-order valence-corrected chi connectivity index (χ3v) is 16.1. The van der Waals surface area contributed by atoms with Gasteiger partial charge in [0.2, 0.25) is 10.4 Å². The summed E-state index contributed by atoms with van der Waals surface area (Å²) in [6, 6.07) is 9.35. The maximum Gasteiger partial charge on any atom is 1.00 e. The third kappa shape index (κ3) is 24.7. The Bertz CT molecular complexity index is 3350. The smallest absolute Gasteiger partial charge is 0.744 e. The van der Waals surface area contributed by atoms with E-state index in [1.165, 1.54) is 12.1 Å². The van der Waals surface area contributed by atoms with Gasteiger partial charge in [0.15, 0.2) is 54.2 Å². The Kier molecular flexibility index (Phi) is 35.6. The molecule has 0 amide bonds. The molecule has 384 valence electrons. The first-order valence-corrected chi connectivity index (χ1v) is 28.1. The van der Waals surface area contributed by atoms with Gasteiger partial charge in [-0.2, -0.15) is 5.11 Å². The molecule has 75 heavy (non-hydrogen) atoms. The van der Waals surface area contributed by atoms with Crippen molar-refractivity contribution >= 4 is 130 Å². The summed E-state index contributed by atoms with van der Waals surface area (Å²) in [7, 11) is -29.5. The molecular weight excluding hydrogens is 1230 g/mol. The molecular formula is C30H27N8Na5O24S8. The van der Waals surface area contributed by atoms with Gasteiger partial charge in [0, 0.05) is 0 Å². The van der Waals surface area contributed by atoms with Gasteiger partial charge < -0.3 is 35.6 Å². The van der Waals surface area contributed by atoms with Crippen molar-refractivity contribution in [3.63, 3.8) is 0 Å². The summed E-state index contributed by atoms with van der Waals surface area (Å²) in [6.07, 6.45) is 0. The normalized spacial score (nSPS) is 12.4. The maximum absolute atomic E-state index is 12.8. The molecule has 0 atom stereocenters. The predicted octanol–water partition coefficient (Wildman–Crippen LogP) is -13.7. The first-order valence-electron chi connectivity index (χ1n) is 17.6. The average Bonchev–Trinajstić information content (AvgIpc) is 3.27. The van der Waals surface area contributed by atoms with Gasteiger partial charge in [-0.05, 0) is 66.7 Å². The Balaban J connectivity index is 0. The Hall–Kier alpha value is 0.200. The van der Waals surface area contributed by atoms with Gasteiger partial charge in [-0.3, -0.25) is 22.6 Å². The van der Waals surface area contributed by atoms with Crippen LogP contribution in [0.3, 0.4) is 0 Å². The number of sulfone groups is 3. The second-order valence-corrected chi connectivity index (χ2v) is 23.7. The van der Waals surface area contributed by atoms with Crippen molar-refractivity contribution in [3.05, 3.63) is 66.7 Å². The van der Waals surface area contributed by atoms with Crippen LogP contribution in [0, 0.1) is 0 Å². The average molecular weight is 1260 g/mol. The molecule has 45 heteroatoms. The fourth-order valence-corrected chi connectivity index (χ4v) is 10.7. The molecule has 0 radical (unpaired) electrons. The summed E-state index contributed by atoms with van der Waals surface area (Å²) in [5.41, 5.74) is 8.11. The van der Waals surface area contributed by atoms with Crippen molar-refractivity contribution in [1.82, 2.24) is 0 Å². The van der Waals surface area contributed by atoms with Gasteiger partial charge in [-0.1, -0.05) is 0 Å². The summed E-state index contributed by atoms with van der Waals surface area (Å²) in [5.74, 6) is -2.57. The standard InChI is InChI=1S/C30H32N8O24S8.5Na/c31-28-24(36-33-18-1-3-19(4-2-18)65(41,42)12-9-56-63-61-59-39)17-25(37-34-22-7-5-20(15-26(22)68(47,48)49)66(43,44)13-10-57-64-62-60-40)29(32)30(28)38-35-23-8-6-21(16-27(23)69(50,51)52)67(45,46)14-11-58-70(53,54)55;;;;;/h1-8,15-17,39-40H,9-14,31-32H2,(H,47,48,49)(H,50,51,52)(H,53,54,55);;;;;/q;5*+1/p-5. The van der Waals surface area contributed by atoms with Crippen molar-refractivity contribution in [2.75, 3.05) is 48.5 Å². The van der Waals surface area contributed by atoms with Crippen LogP contribution in [0.2, 0.25) is 0 Å². The minimum Gasteiger partial charge on any atom is -0.744 e. The molecule has 0 aliphatic carbocycles. The molecule has 0 saturated heterocycles. The maximum atomic E-state index is 12.8. The van der Waals surface area contributed by atoms with Crippen molar-refractivity contribution in [1.29, 1.82) is 0 Å². The van der Waals surface area contributed by atoms with Crippen molar-refractivity contribution in [2.45, 2.75) is 24.5 Å². The zero-order valence-electron chi connectivity index (χ0n) is 39.0. The van der Waals surface area contributed by atoms with Crippen molar-refractivity contribution in [3.8, 4) is 0 Å². The zero-order valence-corrected chi connectivity index (χ0v) is 55.5. The van der Waals surface area contributed by atoms with Crippen LogP contribution in [0.4, 0.5) is 45.5 Å². The molecule has 0 aromatic heterocycles. The van der Waals surface area contributed by atoms with Crippen molar-refractivity contribution < 1.29 is 254 Å². The van der Waals surface area contributed by atoms with Crippen LogP contribution in [0.25, 0.3) is 0 Å². The van der Waals surface area contributed by atoms with Crippen LogP contribution >= 0.6 is 24.6 Å². The van der Waals surface area contributed by atoms with Gasteiger partial charge in [-0.25, -0.2) is 50.5 Å². The summed E-state index contributed by atoms with van der Waals surface area (Å²) < 4.78 is 204. The Morgan fingerprint density at radius 2 is 0.813 bits per heavy atom. The monoisotopic (exact) mass is 1250 g/mol. The van der Waals surface area contributed by atoms with E-state index in [0.717, 1.165) is 36.4 Å². The van der Waals surface area contributed by atoms with Gasteiger partial charge in [-0.15, -0.1) is 34.2 Å².